The molecule has 0 aliphatic rings. The third-order valence-electron chi connectivity index (χ3n) is 3.96. The molecule has 0 radical (unpaired) electrons. The average molecular weight is 357 g/mol. The normalized spacial score (nSPS) is 13.3. The Kier molecular flexibility index (Phi) is 6.46. The van der Waals surface area contributed by atoms with E-state index in [1.807, 2.05) is 36.4 Å². The third-order valence-corrected chi connectivity index (χ3v) is 6.36. The van der Waals surface area contributed by atoms with E-state index in [1.165, 1.54) is 20.9 Å². The van der Waals surface area contributed by atoms with Crippen molar-refractivity contribution in [2.45, 2.75) is 37.5 Å². The Hall–Kier alpha value is -1.78. The van der Waals surface area contributed by atoms with Gasteiger partial charge in [0, 0.05) is 15.5 Å². The van der Waals surface area contributed by atoms with Crippen LogP contribution >= 0.6 is 23.5 Å². The first-order valence-corrected chi connectivity index (χ1v) is 9.43. The van der Waals surface area contributed by atoms with Gasteiger partial charge in [-0.25, -0.2) is 0 Å². The lowest BCUT2D eigenvalue weighted by molar-refractivity contribution is 1.25. The zero-order valence-corrected chi connectivity index (χ0v) is 16.2. The van der Waals surface area contributed by atoms with E-state index in [0.29, 0.717) is 0 Å². The topological polar surface area (TPSA) is 52.0 Å². The van der Waals surface area contributed by atoms with Crippen LogP contribution in [0.2, 0.25) is 0 Å². The molecule has 2 rings (SSSR count). The lowest BCUT2D eigenvalue weighted by Crippen LogP contribution is -1.99. The maximum absolute atomic E-state index is 6.35. The van der Waals surface area contributed by atoms with E-state index in [9.17, 15) is 0 Å². The first-order chi connectivity index (χ1) is 11.4. The number of hydrogen-bond acceptors (Lipinski definition) is 4. The van der Waals surface area contributed by atoms with Gasteiger partial charge in [0.15, 0.2) is 0 Å². The van der Waals surface area contributed by atoms with Crippen molar-refractivity contribution in [2.24, 2.45) is 5.73 Å². The molecule has 0 bridgehead atoms. The van der Waals surface area contributed by atoms with Crippen molar-refractivity contribution in [3.63, 3.8) is 0 Å². The highest BCUT2D eigenvalue weighted by Gasteiger charge is 2.09. The Morgan fingerprint density at radius 3 is 2.00 bits per heavy atom. The summed E-state index contributed by atoms with van der Waals surface area (Å²) >= 11 is 3.31. The number of nitrogen functional groups attached to an aromatic ring is 1. The van der Waals surface area contributed by atoms with Gasteiger partial charge in [-0.3, -0.25) is 0 Å². The number of para-hydroxylation sites is 1. The van der Waals surface area contributed by atoms with E-state index in [0.717, 1.165) is 21.2 Å². The molecule has 24 heavy (non-hydrogen) atoms. The summed E-state index contributed by atoms with van der Waals surface area (Å²) in [4.78, 5) is 3.48. The van der Waals surface area contributed by atoms with Crippen LogP contribution < -0.4 is 11.5 Å². The third kappa shape index (κ3) is 4.62. The molecule has 0 aliphatic carbocycles. The summed E-state index contributed by atoms with van der Waals surface area (Å²) in [5.41, 5.74) is 16.7. The lowest BCUT2D eigenvalue weighted by Gasteiger charge is -2.13. The highest BCUT2D eigenvalue weighted by molar-refractivity contribution is 8.03. The monoisotopic (exact) mass is 356 g/mol. The molecule has 0 heterocycles. The summed E-state index contributed by atoms with van der Waals surface area (Å²) in [6.07, 6.45) is 0. The first-order valence-electron chi connectivity index (χ1n) is 7.80. The number of aryl methyl sites for hydroxylation is 1. The van der Waals surface area contributed by atoms with E-state index < -0.39 is 0 Å². The second kappa shape index (κ2) is 8.36. The predicted molar refractivity (Wildman–Crippen MR) is 109 cm³/mol. The molecular weight excluding hydrogens is 332 g/mol. The van der Waals surface area contributed by atoms with Crippen molar-refractivity contribution in [2.75, 3.05) is 5.73 Å². The predicted octanol–water partition coefficient (Wildman–Crippen LogP) is 5.95. The number of nitrogens with two attached hydrogens (primary N) is 2. The Balaban J connectivity index is 2.24. The fourth-order valence-corrected chi connectivity index (χ4v) is 4.02. The molecule has 0 saturated heterocycles. The number of anilines is 1. The van der Waals surface area contributed by atoms with E-state index in [2.05, 4.69) is 39.8 Å². The lowest BCUT2D eigenvalue weighted by atomic mass is 10.1. The highest BCUT2D eigenvalue weighted by Crippen LogP contribution is 2.36. The molecule has 4 heteroatoms. The summed E-state index contributed by atoms with van der Waals surface area (Å²) in [6.45, 7) is 8.41. The van der Waals surface area contributed by atoms with Crippen LogP contribution in [-0.2, 0) is 0 Å². The van der Waals surface area contributed by atoms with Crippen LogP contribution in [0, 0.1) is 6.92 Å². The van der Waals surface area contributed by atoms with Gasteiger partial charge in [0.1, 0.15) is 0 Å². The fraction of sp³-hybridized carbons (Fsp3) is 0.200. The van der Waals surface area contributed by atoms with Gasteiger partial charge in [0.05, 0.1) is 5.03 Å². The number of rotatable bonds is 5. The zero-order chi connectivity index (χ0) is 17.7. The molecule has 2 aromatic carbocycles. The summed E-state index contributed by atoms with van der Waals surface area (Å²) in [5, 5.41) is 0.836. The van der Waals surface area contributed by atoms with Gasteiger partial charge in [0.2, 0.25) is 0 Å². The Labute approximate surface area is 153 Å². The van der Waals surface area contributed by atoms with E-state index in [4.69, 9.17) is 11.5 Å². The summed E-state index contributed by atoms with van der Waals surface area (Å²) in [6, 6.07) is 16.2. The van der Waals surface area contributed by atoms with Gasteiger partial charge < -0.3 is 11.5 Å². The molecule has 0 aliphatic heterocycles. The number of allylic oxidation sites excluding steroid dienone is 3. The fourth-order valence-electron chi connectivity index (χ4n) is 2.13. The summed E-state index contributed by atoms with van der Waals surface area (Å²) in [5.74, 6) is 0. The van der Waals surface area contributed by atoms with Gasteiger partial charge in [-0.2, -0.15) is 0 Å². The molecule has 0 unspecified atom stereocenters. The van der Waals surface area contributed by atoms with Crippen LogP contribution in [0.5, 0.6) is 0 Å². The maximum atomic E-state index is 6.35. The molecule has 0 atom stereocenters. The SMILES string of the molecule is C/C(Sc1ccccc1N)=C(C)\C(C)=C(/N)Sc1ccccc1C. The zero-order valence-electron chi connectivity index (χ0n) is 14.6. The number of benzene rings is 2. The molecule has 0 aromatic heterocycles. The largest absolute Gasteiger partial charge is 0.398 e. The van der Waals surface area contributed by atoms with Crippen LogP contribution in [0.3, 0.4) is 0 Å². The van der Waals surface area contributed by atoms with Gasteiger partial charge >= 0.3 is 0 Å². The van der Waals surface area contributed by atoms with Crippen LogP contribution in [0.4, 0.5) is 5.69 Å². The molecule has 2 aromatic rings. The van der Waals surface area contributed by atoms with Crippen molar-refractivity contribution in [1.29, 1.82) is 0 Å². The van der Waals surface area contributed by atoms with Crippen molar-refractivity contribution < 1.29 is 0 Å². The second-order valence-electron chi connectivity index (χ2n) is 5.68. The van der Waals surface area contributed by atoms with Gasteiger partial charge in [-0.05, 0) is 67.5 Å². The maximum Gasteiger partial charge on any atom is 0.0736 e. The molecule has 0 saturated carbocycles. The van der Waals surface area contributed by atoms with Gasteiger partial charge in [-0.1, -0.05) is 53.9 Å². The van der Waals surface area contributed by atoms with E-state index in [-0.39, 0.29) is 0 Å². The van der Waals surface area contributed by atoms with Crippen LogP contribution in [0.25, 0.3) is 0 Å². The smallest absolute Gasteiger partial charge is 0.0736 e. The van der Waals surface area contributed by atoms with E-state index in [1.54, 1.807) is 23.5 Å². The van der Waals surface area contributed by atoms with Crippen molar-refractivity contribution in [1.82, 2.24) is 0 Å². The highest BCUT2D eigenvalue weighted by atomic mass is 32.2. The summed E-state index contributed by atoms with van der Waals surface area (Å²) < 4.78 is 0. The van der Waals surface area contributed by atoms with Crippen LogP contribution in [0.1, 0.15) is 26.3 Å². The molecular formula is C20H24N2S2. The number of thioether (sulfide) groups is 2. The Morgan fingerprint density at radius 1 is 0.792 bits per heavy atom. The molecule has 0 amide bonds. The van der Waals surface area contributed by atoms with Crippen molar-refractivity contribution >= 4 is 29.2 Å². The standard InChI is InChI=1S/C20H24N2S2/c1-13-9-5-7-11-18(13)24-20(22)15(3)14(2)16(4)23-19-12-8-6-10-17(19)21/h5-12H,21-22H2,1-4H3/b16-14+,20-15+. The van der Waals surface area contributed by atoms with Crippen LogP contribution in [0.15, 0.2) is 79.4 Å². The first kappa shape index (κ1) is 18.6. The summed E-state index contributed by atoms with van der Waals surface area (Å²) in [7, 11) is 0. The quantitative estimate of drug-likeness (QED) is 0.395. The molecule has 0 fully saturated rings. The van der Waals surface area contributed by atoms with Gasteiger partial charge in [-0.15, -0.1) is 0 Å². The Bertz CT molecular complexity index is 724. The minimum Gasteiger partial charge on any atom is -0.398 e. The van der Waals surface area contributed by atoms with Crippen molar-refractivity contribution in [3.05, 3.63) is 75.2 Å². The number of hydrogen-bond donors (Lipinski definition) is 2. The molecule has 0 spiro atoms. The Morgan fingerprint density at radius 2 is 1.38 bits per heavy atom. The molecule has 4 N–H and O–H groups in total. The molecule has 2 nitrogen and oxygen atoms in total. The van der Waals surface area contributed by atoms with Crippen LogP contribution in [-0.4, -0.2) is 0 Å². The second-order valence-corrected chi connectivity index (χ2v) is 8.02. The van der Waals surface area contributed by atoms with Gasteiger partial charge in [0.25, 0.3) is 0 Å². The van der Waals surface area contributed by atoms with E-state index >= 15 is 0 Å². The minimum absolute atomic E-state index is 0.804. The minimum atomic E-state index is 0.804. The van der Waals surface area contributed by atoms with Crippen molar-refractivity contribution in [3.8, 4) is 0 Å². The average Bonchev–Trinajstić information content (AvgIpc) is 2.57. The molecule has 126 valence electrons.